The lowest BCUT2D eigenvalue weighted by Crippen LogP contribution is -2.30. The zero-order valence-electron chi connectivity index (χ0n) is 8.56. The standard InChI is InChI=1S/C9H11N3OS2/c1-3-12(4-2)9(13)6-5-14-8-7(6)15-11-10-8/h5H,3-4H2,1-2H3. The Morgan fingerprint density at radius 2 is 2.20 bits per heavy atom. The van der Waals surface area contributed by atoms with Crippen LogP contribution in [-0.2, 0) is 0 Å². The summed E-state index contributed by atoms with van der Waals surface area (Å²) < 4.78 is 4.76. The van der Waals surface area contributed by atoms with Crippen LogP contribution in [0.15, 0.2) is 5.38 Å². The van der Waals surface area contributed by atoms with Crippen LogP contribution in [0.3, 0.4) is 0 Å². The second kappa shape index (κ2) is 4.24. The molecule has 0 aromatic carbocycles. The normalized spacial score (nSPS) is 10.8. The van der Waals surface area contributed by atoms with Gasteiger partial charge in [0, 0.05) is 18.5 Å². The van der Waals surface area contributed by atoms with Gasteiger partial charge in [-0.1, -0.05) is 4.49 Å². The van der Waals surface area contributed by atoms with E-state index in [0.717, 1.165) is 28.2 Å². The van der Waals surface area contributed by atoms with Crippen molar-refractivity contribution in [1.29, 1.82) is 0 Å². The Hall–Kier alpha value is -1.01. The fraction of sp³-hybridized carbons (Fsp3) is 0.444. The van der Waals surface area contributed by atoms with Gasteiger partial charge in [0.05, 0.1) is 10.3 Å². The van der Waals surface area contributed by atoms with Crippen LogP contribution >= 0.6 is 22.9 Å². The summed E-state index contributed by atoms with van der Waals surface area (Å²) in [5.74, 6) is 0.0808. The molecular formula is C9H11N3OS2. The van der Waals surface area contributed by atoms with Gasteiger partial charge in [0.1, 0.15) is 0 Å². The lowest BCUT2D eigenvalue weighted by atomic mass is 10.3. The average Bonchev–Trinajstić information content (AvgIpc) is 2.79. The second-order valence-corrected chi connectivity index (χ2v) is 4.65. The number of rotatable bonds is 3. The number of aromatic nitrogens is 2. The topological polar surface area (TPSA) is 46.1 Å². The SMILES string of the molecule is CCN(CC)C(=O)c1csc2nnsc12. The maximum atomic E-state index is 12.1. The lowest BCUT2D eigenvalue weighted by Gasteiger charge is -2.17. The van der Waals surface area contributed by atoms with Crippen molar-refractivity contribution in [1.82, 2.24) is 14.5 Å². The van der Waals surface area contributed by atoms with E-state index in [4.69, 9.17) is 0 Å². The Bertz CT molecular complexity index is 472. The molecule has 0 aliphatic heterocycles. The van der Waals surface area contributed by atoms with Gasteiger partial charge in [-0.05, 0) is 25.4 Å². The number of carbonyl (C=O) groups excluding carboxylic acids is 1. The van der Waals surface area contributed by atoms with Crippen molar-refractivity contribution >= 4 is 38.3 Å². The van der Waals surface area contributed by atoms with Gasteiger partial charge in [-0.25, -0.2) is 0 Å². The third kappa shape index (κ3) is 1.74. The van der Waals surface area contributed by atoms with Gasteiger partial charge in [0.25, 0.3) is 5.91 Å². The van der Waals surface area contributed by atoms with Crippen molar-refractivity contribution in [2.24, 2.45) is 0 Å². The molecule has 1 amide bonds. The molecule has 0 aliphatic rings. The zero-order chi connectivity index (χ0) is 10.8. The quantitative estimate of drug-likeness (QED) is 0.828. The van der Waals surface area contributed by atoms with E-state index in [0.29, 0.717) is 0 Å². The van der Waals surface area contributed by atoms with Gasteiger partial charge in [0.15, 0.2) is 4.83 Å². The predicted molar refractivity (Wildman–Crippen MR) is 62.5 cm³/mol. The average molecular weight is 241 g/mol. The number of amides is 1. The van der Waals surface area contributed by atoms with Crippen molar-refractivity contribution in [3.8, 4) is 0 Å². The summed E-state index contributed by atoms with van der Waals surface area (Å²) in [7, 11) is 0. The molecule has 15 heavy (non-hydrogen) atoms. The molecule has 0 saturated heterocycles. The fourth-order valence-electron chi connectivity index (χ4n) is 1.42. The minimum absolute atomic E-state index is 0.0808. The minimum atomic E-state index is 0.0808. The van der Waals surface area contributed by atoms with E-state index in [1.165, 1.54) is 22.9 Å². The molecule has 0 saturated carbocycles. The van der Waals surface area contributed by atoms with Crippen LogP contribution in [0, 0.1) is 0 Å². The highest BCUT2D eigenvalue weighted by Gasteiger charge is 2.18. The summed E-state index contributed by atoms with van der Waals surface area (Å²) in [6, 6.07) is 0. The van der Waals surface area contributed by atoms with Crippen LogP contribution in [0.4, 0.5) is 0 Å². The number of fused-ring (bicyclic) bond motifs is 1. The van der Waals surface area contributed by atoms with Gasteiger partial charge in [0.2, 0.25) is 0 Å². The molecule has 6 heteroatoms. The monoisotopic (exact) mass is 241 g/mol. The van der Waals surface area contributed by atoms with Crippen molar-refractivity contribution < 1.29 is 4.79 Å². The maximum absolute atomic E-state index is 12.1. The van der Waals surface area contributed by atoms with E-state index in [2.05, 4.69) is 9.59 Å². The number of hydrogen-bond acceptors (Lipinski definition) is 5. The Kier molecular flexibility index (Phi) is 2.97. The molecule has 0 bridgehead atoms. The van der Waals surface area contributed by atoms with Gasteiger partial charge in [-0.15, -0.1) is 16.4 Å². The summed E-state index contributed by atoms with van der Waals surface area (Å²) in [6.07, 6.45) is 0. The number of hydrogen-bond donors (Lipinski definition) is 0. The molecule has 0 aliphatic carbocycles. The molecule has 4 nitrogen and oxygen atoms in total. The number of nitrogens with zero attached hydrogens (tertiary/aromatic N) is 3. The molecule has 0 N–H and O–H groups in total. The Morgan fingerprint density at radius 1 is 1.47 bits per heavy atom. The number of carbonyl (C=O) groups is 1. The van der Waals surface area contributed by atoms with Crippen LogP contribution < -0.4 is 0 Å². The molecule has 0 atom stereocenters. The summed E-state index contributed by atoms with van der Waals surface area (Å²) >= 11 is 2.77. The van der Waals surface area contributed by atoms with E-state index >= 15 is 0 Å². The van der Waals surface area contributed by atoms with Crippen molar-refractivity contribution in [2.75, 3.05) is 13.1 Å². The largest absolute Gasteiger partial charge is 0.339 e. The number of thiophene rings is 1. The van der Waals surface area contributed by atoms with Gasteiger partial charge >= 0.3 is 0 Å². The smallest absolute Gasteiger partial charge is 0.256 e. The minimum Gasteiger partial charge on any atom is -0.339 e. The van der Waals surface area contributed by atoms with Crippen molar-refractivity contribution in [2.45, 2.75) is 13.8 Å². The molecule has 0 fully saturated rings. The molecule has 2 heterocycles. The molecule has 0 radical (unpaired) electrons. The molecular weight excluding hydrogens is 230 g/mol. The van der Waals surface area contributed by atoms with E-state index in [1.807, 2.05) is 19.2 Å². The summed E-state index contributed by atoms with van der Waals surface area (Å²) in [4.78, 5) is 14.7. The Labute approximate surface area is 95.7 Å². The third-order valence-corrected chi connectivity index (χ3v) is 4.02. The summed E-state index contributed by atoms with van der Waals surface area (Å²) in [5, 5.41) is 5.82. The Balaban J connectivity index is 2.38. The first-order chi connectivity index (χ1) is 7.27. The highest BCUT2D eigenvalue weighted by molar-refractivity contribution is 7.24. The first-order valence-electron chi connectivity index (χ1n) is 4.76. The van der Waals surface area contributed by atoms with Crippen molar-refractivity contribution in [3.05, 3.63) is 10.9 Å². The van der Waals surface area contributed by atoms with Gasteiger partial charge in [-0.3, -0.25) is 4.79 Å². The van der Waals surface area contributed by atoms with Crippen LogP contribution in [0.2, 0.25) is 0 Å². The Morgan fingerprint density at radius 3 is 2.87 bits per heavy atom. The highest BCUT2D eigenvalue weighted by atomic mass is 32.1. The summed E-state index contributed by atoms with van der Waals surface area (Å²) in [5.41, 5.74) is 0.744. The summed E-state index contributed by atoms with van der Waals surface area (Å²) in [6.45, 7) is 5.43. The molecule has 2 aromatic rings. The van der Waals surface area contributed by atoms with Gasteiger partial charge < -0.3 is 4.90 Å². The molecule has 80 valence electrons. The highest BCUT2D eigenvalue weighted by Crippen LogP contribution is 2.27. The van der Waals surface area contributed by atoms with Crippen LogP contribution in [0.5, 0.6) is 0 Å². The van der Waals surface area contributed by atoms with Crippen LogP contribution in [0.1, 0.15) is 24.2 Å². The molecule has 0 spiro atoms. The van der Waals surface area contributed by atoms with Crippen molar-refractivity contribution in [3.63, 3.8) is 0 Å². The van der Waals surface area contributed by atoms with Crippen LogP contribution in [-0.4, -0.2) is 33.5 Å². The fourth-order valence-corrected chi connectivity index (χ4v) is 3.12. The first kappa shape index (κ1) is 10.5. The van der Waals surface area contributed by atoms with E-state index in [9.17, 15) is 4.79 Å². The first-order valence-corrected chi connectivity index (χ1v) is 6.42. The predicted octanol–water partition coefficient (Wildman–Crippen LogP) is 2.23. The van der Waals surface area contributed by atoms with Gasteiger partial charge in [-0.2, -0.15) is 0 Å². The van der Waals surface area contributed by atoms with E-state index < -0.39 is 0 Å². The van der Waals surface area contributed by atoms with E-state index in [1.54, 1.807) is 4.90 Å². The maximum Gasteiger partial charge on any atom is 0.256 e. The third-order valence-electron chi connectivity index (χ3n) is 2.27. The van der Waals surface area contributed by atoms with Crippen LogP contribution in [0.25, 0.3) is 9.53 Å². The zero-order valence-corrected chi connectivity index (χ0v) is 10.2. The molecule has 2 aromatic heterocycles. The second-order valence-electron chi connectivity index (χ2n) is 3.03. The molecule has 0 unspecified atom stereocenters. The van der Waals surface area contributed by atoms with E-state index in [-0.39, 0.29) is 5.91 Å². The molecule has 2 rings (SSSR count). The lowest BCUT2D eigenvalue weighted by molar-refractivity contribution is 0.0775.